The van der Waals surface area contributed by atoms with Gasteiger partial charge in [-0.15, -0.1) is 0 Å². The second-order valence-electron chi connectivity index (χ2n) is 5.44. The normalized spacial score (nSPS) is 19.4. The van der Waals surface area contributed by atoms with Gasteiger partial charge in [-0.2, -0.15) is 4.31 Å². The summed E-state index contributed by atoms with van der Waals surface area (Å²) in [7, 11) is -4.08. The molecule has 1 aromatic rings. The van der Waals surface area contributed by atoms with Crippen molar-refractivity contribution < 1.29 is 17.7 Å². The molecule has 7 nitrogen and oxygen atoms in total. The number of benzene rings is 1. The van der Waals surface area contributed by atoms with E-state index < -0.39 is 36.9 Å². The van der Waals surface area contributed by atoms with Crippen molar-refractivity contribution >= 4 is 15.7 Å². The highest BCUT2D eigenvalue weighted by atomic mass is 32.2. The predicted molar refractivity (Wildman–Crippen MR) is 73.9 cm³/mol. The molecule has 0 aliphatic carbocycles. The van der Waals surface area contributed by atoms with Crippen LogP contribution in [0.15, 0.2) is 23.1 Å². The van der Waals surface area contributed by atoms with Crippen LogP contribution in [0.2, 0.25) is 0 Å². The van der Waals surface area contributed by atoms with Crippen LogP contribution in [-0.2, 0) is 10.0 Å². The van der Waals surface area contributed by atoms with Gasteiger partial charge >= 0.3 is 0 Å². The van der Waals surface area contributed by atoms with Gasteiger partial charge in [0.1, 0.15) is 5.82 Å². The Kier molecular flexibility index (Phi) is 4.00. The standard InChI is InChI=1S/C12H16FN3O4S/c1-12(2)8-14-5-6-15(12)21(19,20)11-4-3-9(13)7-10(11)16(17)18/h3-4,7,14H,5-6,8H2,1-2H3. The minimum Gasteiger partial charge on any atom is -0.314 e. The highest BCUT2D eigenvalue weighted by Crippen LogP contribution is 2.31. The molecular formula is C12H16FN3O4S. The van der Waals surface area contributed by atoms with Crippen molar-refractivity contribution in [2.45, 2.75) is 24.3 Å². The molecule has 0 spiro atoms. The Morgan fingerprint density at radius 2 is 2.10 bits per heavy atom. The van der Waals surface area contributed by atoms with Crippen molar-refractivity contribution in [2.75, 3.05) is 19.6 Å². The number of piperazine rings is 1. The molecular weight excluding hydrogens is 301 g/mol. The molecule has 0 aromatic heterocycles. The Balaban J connectivity index is 2.57. The molecule has 0 saturated carbocycles. The van der Waals surface area contributed by atoms with E-state index in [2.05, 4.69) is 5.32 Å². The van der Waals surface area contributed by atoms with Gasteiger partial charge in [0.05, 0.1) is 11.0 Å². The smallest absolute Gasteiger partial charge is 0.292 e. The van der Waals surface area contributed by atoms with Gasteiger partial charge in [-0.05, 0) is 26.0 Å². The Labute approximate surface area is 122 Å². The second-order valence-corrected chi connectivity index (χ2v) is 7.27. The van der Waals surface area contributed by atoms with Crippen molar-refractivity contribution in [2.24, 2.45) is 0 Å². The summed E-state index contributed by atoms with van der Waals surface area (Å²) >= 11 is 0. The van der Waals surface area contributed by atoms with E-state index in [0.717, 1.165) is 12.1 Å². The van der Waals surface area contributed by atoms with E-state index in [0.29, 0.717) is 19.2 Å². The number of nitro groups is 1. The lowest BCUT2D eigenvalue weighted by Crippen LogP contribution is -2.59. The van der Waals surface area contributed by atoms with Crippen LogP contribution in [0.1, 0.15) is 13.8 Å². The van der Waals surface area contributed by atoms with Gasteiger partial charge in [-0.3, -0.25) is 10.1 Å². The summed E-state index contributed by atoms with van der Waals surface area (Å²) < 4.78 is 39.8. The van der Waals surface area contributed by atoms with E-state index in [1.165, 1.54) is 4.31 Å². The second kappa shape index (κ2) is 5.32. The third kappa shape index (κ3) is 2.89. The van der Waals surface area contributed by atoms with Crippen LogP contribution >= 0.6 is 0 Å². The summed E-state index contributed by atoms with van der Waals surface area (Å²) in [5.74, 6) is -0.847. The molecule has 1 aromatic carbocycles. The third-order valence-electron chi connectivity index (χ3n) is 3.41. The maximum absolute atomic E-state index is 13.2. The SMILES string of the molecule is CC1(C)CNCCN1S(=O)(=O)c1ccc(F)cc1[N+](=O)[O-]. The van der Waals surface area contributed by atoms with Gasteiger partial charge in [0.15, 0.2) is 4.90 Å². The predicted octanol–water partition coefficient (Wildman–Crippen LogP) is 1.11. The highest BCUT2D eigenvalue weighted by Gasteiger charge is 2.41. The van der Waals surface area contributed by atoms with E-state index in [1.54, 1.807) is 13.8 Å². The van der Waals surface area contributed by atoms with Gasteiger partial charge in [-0.1, -0.05) is 0 Å². The zero-order chi connectivity index (χ0) is 15.8. The molecule has 1 aliphatic heterocycles. The minimum absolute atomic E-state index is 0.198. The summed E-state index contributed by atoms with van der Waals surface area (Å²) in [5, 5.41) is 14.1. The topological polar surface area (TPSA) is 92.6 Å². The number of nitrogens with one attached hydrogen (secondary N) is 1. The van der Waals surface area contributed by atoms with E-state index in [9.17, 15) is 22.9 Å². The van der Waals surface area contributed by atoms with Crippen molar-refractivity contribution in [1.29, 1.82) is 0 Å². The molecule has 2 rings (SSSR count). The fourth-order valence-electron chi connectivity index (χ4n) is 2.38. The summed E-state index contributed by atoms with van der Waals surface area (Å²) in [4.78, 5) is 9.64. The number of sulfonamides is 1. The fourth-order valence-corrected chi connectivity index (χ4v) is 4.30. The first kappa shape index (κ1) is 15.8. The molecule has 0 atom stereocenters. The van der Waals surface area contributed by atoms with Crippen LogP contribution in [0, 0.1) is 15.9 Å². The van der Waals surface area contributed by atoms with Gasteiger partial charge < -0.3 is 5.32 Å². The molecule has 1 fully saturated rings. The first-order valence-corrected chi connectivity index (χ1v) is 7.78. The van der Waals surface area contributed by atoms with Crippen molar-refractivity contribution in [1.82, 2.24) is 9.62 Å². The van der Waals surface area contributed by atoms with Crippen LogP contribution in [0.3, 0.4) is 0 Å². The summed E-state index contributed by atoms with van der Waals surface area (Å²) in [6.45, 7) is 4.54. The number of hydrogen-bond acceptors (Lipinski definition) is 5. The molecule has 1 heterocycles. The number of hydrogen-bond donors (Lipinski definition) is 1. The molecule has 0 amide bonds. The molecule has 1 saturated heterocycles. The number of rotatable bonds is 3. The summed E-state index contributed by atoms with van der Waals surface area (Å²) in [5.41, 5.74) is -1.47. The lowest BCUT2D eigenvalue weighted by Gasteiger charge is -2.41. The van der Waals surface area contributed by atoms with Crippen molar-refractivity contribution in [3.63, 3.8) is 0 Å². The van der Waals surface area contributed by atoms with Crippen LogP contribution in [0.25, 0.3) is 0 Å². The lowest BCUT2D eigenvalue weighted by molar-refractivity contribution is -0.388. The first-order valence-electron chi connectivity index (χ1n) is 6.34. The average Bonchev–Trinajstić information content (AvgIpc) is 2.37. The fraction of sp³-hybridized carbons (Fsp3) is 0.500. The van der Waals surface area contributed by atoms with Crippen LogP contribution in [0.4, 0.5) is 10.1 Å². The Bertz CT molecular complexity index is 675. The molecule has 1 aliphatic rings. The molecule has 0 bridgehead atoms. The number of halogens is 1. The molecule has 1 N–H and O–H groups in total. The van der Waals surface area contributed by atoms with Crippen LogP contribution in [0.5, 0.6) is 0 Å². The average molecular weight is 317 g/mol. The third-order valence-corrected chi connectivity index (χ3v) is 5.57. The van der Waals surface area contributed by atoms with Gasteiger partial charge in [-0.25, -0.2) is 12.8 Å². The molecule has 116 valence electrons. The quantitative estimate of drug-likeness (QED) is 0.666. The van der Waals surface area contributed by atoms with Gasteiger partial charge in [0.25, 0.3) is 5.69 Å². The Morgan fingerprint density at radius 1 is 1.43 bits per heavy atom. The number of nitro benzene ring substituents is 1. The van der Waals surface area contributed by atoms with E-state index in [4.69, 9.17) is 0 Å². The largest absolute Gasteiger partial charge is 0.314 e. The van der Waals surface area contributed by atoms with Crippen LogP contribution in [-0.4, -0.2) is 42.8 Å². The van der Waals surface area contributed by atoms with Crippen molar-refractivity contribution in [3.8, 4) is 0 Å². The molecule has 21 heavy (non-hydrogen) atoms. The van der Waals surface area contributed by atoms with E-state index in [-0.39, 0.29) is 6.54 Å². The molecule has 0 radical (unpaired) electrons. The molecule has 0 unspecified atom stereocenters. The van der Waals surface area contributed by atoms with Crippen LogP contribution < -0.4 is 5.32 Å². The zero-order valence-electron chi connectivity index (χ0n) is 11.7. The first-order chi connectivity index (χ1) is 9.66. The van der Waals surface area contributed by atoms with Gasteiger partial charge in [0.2, 0.25) is 10.0 Å². The summed E-state index contributed by atoms with van der Waals surface area (Å²) in [6.07, 6.45) is 0. The molecule has 9 heteroatoms. The minimum atomic E-state index is -4.08. The lowest BCUT2D eigenvalue weighted by atomic mass is 10.0. The maximum atomic E-state index is 13.2. The Hall–Kier alpha value is -1.58. The Morgan fingerprint density at radius 3 is 2.67 bits per heavy atom. The zero-order valence-corrected chi connectivity index (χ0v) is 12.5. The maximum Gasteiger partial charge on any atom is 0.292 e. The number of nitrogens with zero attached hydrogens (tertiary/aromatic N) is 2. The summed E-state index contributed by atoms with van der Waals surface area (Å²) in [6, 6.07) is 2.48. The monoisotopic (exact) mass is 317 g/mol. The van der Waals surface area contributed by atoms with Crippen molar-refractivity contribution in [3.05, 3.63) is 34.1 Å². The van der Waals surface area contributed by atoms with E-state index in [1.807, 2.05) is 0 Å². The van der Waals surface area contributed by atoms with E-state index >= 15 is 0 Å². The van der Waals surface area contributed by atoms with Gasteiger partial charge in [0, 0.05) is 25.2 Å². The highest BCUT2D eigenvalue weighted by molar-refractivity contribution is 7.89.